The minimum Gasteiger partial charge on any atom is -0.493 e. The number of nitrogens with one attached hydrogen (secondary N) is 2. The number of carbonyl (C=O) groups is 2. The van der Waals surface area contributed by atoms with Crippen molar-refractivity contribution in [2.45, 2.75) is 6.42 Å². The van der Waals surface area contributed by atoms with Gasteiger partial charge in [0.25, 0.3) is 0 Å². The lowest BCUT2D eigenvalue weighted by molar-refractivity contribution is -0.123. The van der Waals surface area contributed by atoms with Crippen LogP contribution in [-0.4, -0.2) is 26.0 Å². The average Bonchev–Trinajstić information content (AvgIpc) is 2.57. The third-order valence-corrected chi connectivity index (χ3v) is 3.93. The van der Waals surface area contributed by atoms with Crippen LogP contribution in [0.25, 0.3) is 0 Å². The molecule has 25 heavy (non-hydrogen) atoms. The molecule has 2 aromatic rings. The van der Waals surface area contributed by atoms with Crippen LogP contribution in [0.3, 0.4) is 0 Å². The maximum Gasteiger partial charge on any atom is 0.233 e. The third kappa shape index (κ3) is 5.27. The maximum atomic E-state index is 12.0. The van der Waals surface area contributed by atoms with Gasteiger partial charge in [-0.3, -0.25) is 9.59 Å². The molecule has 0 fully saturated rings. The number of methoxy groups -OCH3 is 2. The topological polar surface area (TPSA) is 76.7 Å². The van der Waals surface area contributed by atoms with Crippen molar-refractivity contribution >= 4 is 46.4 Å². The molecule has 0 aromatic heterocycles. The Hall–Kier alpha value is -2.44. The van der Waals surface area contributed by atoms with Gasteiger partial charge >= 0.3 is 0 Å². The molecule has 0 aliphatic rings. The number of ether oxygens (including phenoxy) is 2. The van der Waals surface area contributed by atoms with Gasteiger partial charge in [-0.25, -0.2) is 0 Å². The highest BCUT2D eigenvalue weighted by atomic mass is 35.5. The quantitative estimate of drug-likeness (QED) is 0.740. The van der Waals surface area contributed by atoms with Crippen LogP contribution < -0.4 is 20.1 Å². The van der Waals surface area contributed by atoms with E-state index in [0.29, 0.717) is 32.9 Å². The van der Waals surface area contributed by atoms with Gasteiger partial charge in [-0.15, -0.1) is 0 Å². The van der Waals surface area contributed by atoms with Gasteiger partial charge in [-0.2, -0.15) is 0 Å². The van der Waals surface area contributed by atoms with Gasteiger partial charge in [-0.05, 0) is 30.3 Å². The summed E-state index contributed by atoms with van der Waals surface area (Å²) < 4.78 is 10.3. The molecule has 0 spiro atoms. The van der Waals surface area contributed by atoms with E-state index in [-0.39, 0.29) is 6.42 Å². The van der Waals surface area contributed by atoms with E-state index >= 15 is 0 Å². The first kappa shape index (κ1) is 18.9. The molecule has 8 heteroatoms. The van der Waals surface area contributed by atoms with Gasteiger partial charge in [0.15, 0.2) is 11.5 Å². The molecule has 0 aliphatic heterocycles. The summed E-state index contributed by atoms with van der Waals surface area (Å²) in [5, 5.41) is 5.90. The zero-order chi connectivity index (χ0) is 18.4. The monoisotopic (exact) mass is 382 g/mol. The van der Waals surface area contributed by atoms with E-state index in [9.17, 15) is 9.59 Å². The Bertz CT molecular complexity index is 796. The first-order chi connectivity index (χ1) is 11.9. The molecular weight excluding hydrogens is 367 g/mol. The smallest absolute Gasteiger partial charge is 0.233 e. The van der Waals surface area contributed by atoms with Crippen LogP contribution in [0, 0.1) is 0 Å². The van der Waals surface area contributed by atoms with E-state index in [1.54, 1.807) is 30.3 Å². The number of hydrogen-bond donors (Lipinski definition) is 2. The number of benzene rings is 2. The van der Waals surface area contributed by atoms with Crippen LogP contribution >= 0.6 is 23.2 Å². The van der Waals surface area contributed by atoms with Gasteiger partial charge in [0.1, 0.15) is 6.42 Å². The Morgan fingerprint density at radius 1 is 0.840 bits per heavy atom. The average molecular weight is 383 g/mol. The summed E-state index contributed by atoms with van der Waals surface area (Å²) in [6.07, 6.45) is -0.353. The van der Waals surface area contributed by atoms with E-state index in [1.807, 2.05) is 0 Å². The lowest BCUT2D eigenvalue weighted by Gasteiger charge is -2.11. The Labute approximate surface area is 155 Å². The minimum atomic E-state index is -0.476. The number of amides is 2. The van der Waals surface area contributed by atoms with Crippen molar-refractivity contribution in [2.75, 3.05) is 24.9 Å². The van der Waals surface area contributed by atoms with Crippen LogP contribution in [0.5, 0.6) is 11.5 Å². The van der Waals surface area contributed by atoms with Gasteiger partial charge in [0.05, 0.1) is 24.3 Å². The van der Waals surface area contributed by atoms with Crippen LogP contribution in [0.15, 0.2) is 36.4 Å². The summed E-state index contributed by atoms with van der Waals surface area (Å²) in [5.41, 5.74) is 0.948. The lowest BCUT2D eigenvalue weighted by atomic mass is 10.2. The molecule has 2 N–H and O–H groups in total. The van der Waals surface area contributed by atoms with E-state index in [0.717, 1.165) is 0 Å². The molecule has 0 atom stereocenters. The highest BCUT2D eigenvalue weighted by molar-refractivity contribution is 6.42. The first-order valence-corrected chi connectivity index (χ1v) is 7.95. The second-order valence-electron chi connectivity index (χ2n) is 4.97. The fraction of sp³-hybridized carbons (Fsp3) is 0.176. The lowest BCUT2D eigenvalue weighted by Crippen LogP contribution is -2.21. The van der Waals surface area contributed by atoms with E-state index in [1.165, 1.54) is 20.3 Å². The molecule has 0 saturated carbocycles. The number of rotatable bonds is 6. The molecule has 0 bridgehead atoms. The largest absolute Gasteiger partial charge is 0.493 e. The number of halogens is 2. The number of anilines is 2. The fourth-order valence-electron chi connectivity index (χ4n) is 2.04. The van der Waals surface area contributed by atoms with Crippen LogP contribution in [0.4, 0.5) is 11.4 Å². The molecule has 0 radical (unpaired) electrons. The highest BCUT2D eigenvalue weighted by Crippen LogP contribution is 2.29. The Kier molecular flexibility index (Phi) is 6.50. The molecule has 2 aromatic carbocycles. The summed E-state index contributed by atoms with van der Waals surface area (Å²) in [5.74, 6) is 0.0690. The predicted molar refractivity (Wildman–Crippen MR) is 97.9 cm³/mol. The van der Waals surface area contributed by atoms with Crippen molar-refractivity contribution in [1.82, 2.24) is 0 Å². The Morgan fingerprint density at radius 2 is 1.40 bits per heavy atom. The second kappa shape index (κ2) is 8.60. The summed E-state index contributed by atoms with van der Waals surface area (Å²) >= 11 is 11.7. The minimum absolute atomic E-state index is 0.314. The summed E-state index contributed by atoms with van der Waals surface area (Å²) in [7, 11) is 3.01. The highest BCUT2D eigenvalue weighted by Gasteiger charge is 2.12. The van der Waals surface area contributed by atoms with E-state index in [2.05, 4.69) is 10.6 Å². The number of carbonyl (C=O) groups excluding carboxylic acids is 2. The Balaban J connectivity index is 1.95. The first-order valence-electron chi connectivity index (χ1n) is 7.19. The molecule has 0 aliphatic carbocycles. The molecule has 132 valence electrons. The van der Waals surface area contributed by atoms with Crippen LogP contribution in [0.2, 0.25) is 10.0 Å². The van der Waals surface area contributed by atoms with Crippen molar-refractivity contribution in [3.05, 3.63) is 46.4 Å². The molecule has 0 saturated heterocycles. The zero-order valence-electron chi connectivity index (χ0n) is 13.6. The van der Waals surface area contributed by atoms with Crippen LogP contribution in [0.1, 0.15) is 6.42 Å². The molecular formula is C17H16Cl2N2O4. The van der Waals surface area contributed by atoms with Gasteiger partial charge in [0.2, 0.25) is 11.8 Å². The second-order valence-corrected chi connectivity index (χ2v) is 5.79. The third-order valence-electron chi connectivity index (χ3n) is 3.19. The van der Waals surface area contributed by atoms with Crippen molar-refractivity contribution in [3.8, 4) is 11.5 Å². The maximum absolute atomic E-state index is 12.0. The fourth-order valence-corrected chi connectivity index (χ4v) is 2.34. The van der Waals surface area contributed by atoms with Gasteiger partial charge < -0.3 is 20.1 Å². The molecule has 2 rings (SSSR count). The van der Waals surface area contributed by atoms with Crippen molar-refractivity contribution < 1.29 is 19.1 Å². The van der Waals surface area contributed by atoms with E-state index < -0.39 is 11.8 Å². The van der Waals surface area contributed by atoms with Crippen LogP contribution in [-0.2, 0) is 9.59 Å². The van der Waals surface area contributed by atoms with Crippen molar-refractivity contribution in [3.63, 3.8) is 0 Å². The summed E-state index contributed by atoms with van der Waals surface area (Å²) in [4.78, 5) is 23.9. The summed E-state index contributed by atoms with van der Waals surface area (Å²) in [6.45, 7) is 0. The standard InChI is InChI=1S/C17H16Cl2N2O4/c1-24-14-6-4-11(8-15(14)25-2)21-17(23)9-16(22)20-10-3-5-12(18)13(19)7-10/h3-8H,9H2,1-2H3,(H,20,22)(H,21,23). The van der Waals surface area contributed by atoms with Gasteiger partial charge in [0, 0.05) is 17.4 Å². The zero-order valence-corrected chi connectivity index (χ0v) is 15.1. The molecule has 0 heterocycles. The Morgan fingerprint density at radius 3 is 1.96 bits per heavy atom. The SMILES string of the molecule is COc1ccc(NC(=O)CC(=O)Nc2ccc(Cl)c(Cl)c2)cc1OC. The van der Waals surface area contributed by atoms with Crippen molar-refractivity contribution in [1.29, 1.82) is 0 Å². The predicted octanol–water partition coefficient (Wildman–Crippen LogP) is 3.98. The summed E-state index contributed by atoms with van der Waals surface area (Å²) in [6, 6.07) is 9.57. The van der Waals surface area contributed by atoms with E-state index in [4.69, 9.17) is 32.7 Å². The van der Waals surface area contributed by atoms with Crippen molar-refractivity contribution in [2.24, 2.45) is 0 Å². The molecule has 6 nitrogen and oxygen atoms in total. The molecule has 0 unspecified atom stereocenters. The van der Waals surface area contributed by atoms with Gasteiger partial charge in [-0.1, -0.05) is 23.2 Å². The molecule has 2 amide bonds. The number of hydrogen-bond acceptors (Lipinski definition) is 4. The normalized spacial score (nSPS) is 10.1.